The molecule has 0 spiro atoms. The maximum Gasteiger partial charge on any atom is 0.346 e. The third-order valence-corrected chi connectivity index (χ3v) is 3.11. The summed E-state index contributed by atoms with van der Waals surface area (Å²) in [6.45, 7) is 0.408. The van der Waals surface area contributed by atoms with Crippen LogP contribution in [0.3, 0.4) is 0 Å². The van der Waals surface area contributed by atoms with E-state index in [2.05, 4.69) is 0 Å². The topological polar surface area (TPSA) is 70.3 Å². The van der Waals surface area contributed by atoms with Gasteiger partial charge in [0.25, 0.3) is 0 Å². The zero-order chi connectivity index (χ0) is 15.9. The standard InChI is InChI=1S/C17H12ClNO3/c18-15-5-1-13(2-6-15)11-22-16-7-3-12(4-8-16)9-14(10-19)17(20)21/h1-9H,11H2,(H,20,21). The molecule has 0 bridgehead atoms. The summed E-state index contributed by atoms with van der Waals surface area (Å²) in [7, 11) is 0. The molecule has 0 heterocycles. The van der Waals surface area contributed by atoms with Gasteiger partial charge in [0, 0.05) is 5.02 Å². The summed E-state index contributed by atoms with van der Waals surface area (Å²) >= 11 is 5.81. The van der Waals surface area contributed by atoms with Crippen molar-refractivity contribution >= 4 is 23.6 Å². The largest absolute Gasteiger partial charge is 0.489 e. The van der Waals surface area contributed by atoms with E-state index >= 15 is 0 Å². The van der Waals surface area contributed by atoms with Gasteiger partial charge in [-0.15, -0.1) is 0 Å². The molecule has 0 unspecified atom stereocenters. The molecule has 0 saturated carbocycles. The second kappa shape index (κ2) is 7.30. The maximum atomic E-state index is 10.8. The minimum absolute atomic E-state index is 0.310. The summed E-state index contributed by atoms with van der Waals surface area (Å²) in [5, 5.41) is 18.2. The van der Waals surface area contributed by atoms with Gasteiger partial charge < -0.3 is 9.84 Å². The summed E-state index contributed by atoms with van der Waals surface area (Å²) in [5.74, 6) is -0.591. The minimum atomic E-state index is -1.24. The number of nitrogens with zero attached hydrogens (tertiary/aromatic N) is 1. The highest BCUT2D eigenvalue weighted by Gasteiger charge is 2.05. The third kappa shape index (κ3) is 4.37. The highest BCUT2D eigenvalue weighted by Crippen LogP contribution is 2.17. The first-order valence-corrected chi connectivity index (χ1v) is 6.78. The lowest BCUT2D eigenvalue weighted by Crippen LogP contribution is -1.97. The molecule has 0 aliphatic rings. The van der Waals surface area contributed by atoms with Gasteiger partial charge in [0.2, 0.25) is 0 Å². The van der Waals surface area contributed by atoms with Gasteiger partial charge in [-0.05, 0) is 41.5 Å². The van der Waals surface area contributed by atoms with Gasteiger partial charge in [-0.25, -0.2) is 4.79 Å². The quantitative estimate of drug-likeness (QED) is 0.671. The Morgan fingerprint density at radius 1 is 1.18 bits per heavy atom. The van der Waals surface area contributed by atoms with Crippen LogP contribution in [-0.4, -0.2) is 11.1 Å². The Balaban J connectivity index is 2.02. The minimum Gasteiger partial charge on any atom is -0.489 e. The summed E-state index contributed by atoms with van der Waals surface area (Å²) < 4.78 is 5.62. The molecular formula is C17H12ClNO3. The van der Waals surface area contributed by atoms with Crippen LogP contribution in [0.1, 0.15) is 11.1 Å². The molecule has 0 aliphatic heterocycles. The van der Waals surface area contributed by atoms with Crippen molar-refractivity contribution in [2.45, 2.75) is 6.61 Å². The Morgan fingerprint density at radius 3 is 2.36 bits per heavy atom. The molecule has 0 atom stereocenters. The average molecular weight is 314 g/mol. The van der Waals surface area contributed by atoms with E-state index < -0.39 is 5.97 Å². The Kier molecular flexibility index (Phi) is 5.18. The maximum absolute atomic E-state index is 10.8. The number of halogens is 1. The van der Waals surface area contributed by atoms with Crippen LogP contribution in [0.25, 0.3) is 6.08 Å². The van der Waals surface area contributed by atoms with E-state index in [0.29, 0.717) is 22.9 Å². The van der Waals surface area contributed by atoms with Gasteiger partial charge in [-0.2, -0.15) is 5.26 Å². The second-order valence-corrected chi connectivity index (χ2v) is 4.90. The van der Waals surface area contributed by atoms with Crippen LogP contribution in [-0.2, 0) is 11.4 Å². The monoisotopic (exact) mass is 313 g/mol. The zero-order valence-electron chi connectivity index (χ0n) is 11.5. The molecule has 2 aromatic rings. The van der Waals surface area contributed by atoms with Crippen molar-refractivity contribution in [1.29, 1.82) is 5.26 Å². The van der Waals surface area contributed by atoms with Crippen LogP contribution in [0.5, 0.6) is 5.75 Å². The van der Waals surface area contributed by atoms with Crippen LogP contribution in [0.4, 0.5) is 0 Å². The number of nitriles is 1. The highest BCUT2D eigenvalue weighted by molar-refractivity contribution is 6.30. The Labute approximate surface area is 132 Å². The fourth-order valence-electron chi connectivity index (χ4n) is 1.72. The van der Waals surface area contributed by atoms with Gasteiger partial charge in [0.05, 0.1) is 0 Å². The fraction of sp³-hybridized carbons (Fsp3) is 0.0588. The molecule has 0 radical (unpaired) electrons. The molecule has 2 aromatic carbocycles. The van der Waals surface area contributed by atoms with Crippen molar-refractivity contribution in [3.05, 3.63) is 70.3 Å². The number of rotatable bonds is 5. The smallest absolute Gasteiger partial charge is 0.346 e. The van der Waals surface area contributed by atoms with E-state index in [1.54, 1.807) is 42.5 Å². The predicted octanol–water partition coefficient (Wildman–Crippen LogP) is 3.91. The fourth-order valence-corrected chi connectivity index (χ4v) is 1.84. The molecule has 0 aliphatic carbocycles. The summed E-state index contributed by atoms with van der Waals surface area (Å²) in [4.78, 5) is 10.8. The Morgan fingerprint density at radius 2 is 1.82 bits per heavy atom. The van der Waals surface area contributed by atoms with E-state index in [4.69, 9.17) is 26.7 Å². The first-order valence-electron chi connectivity index (χ1n) is 6.41. The van der Waals surface area contributed by atoms with Crippen molar-refractivity contribution in [1.82, 2.24) is 0 Å². The lowest BCUT2D eigenvalue weighted by molar-refractivity contribution is -0.132. The average Bonchev–Trinajstić information content (AvgIpc) is 2.53. The molecule has 110 valence electrons. The summed E-state index contributed by atoms with van der Waals surface area (Å²) in [6.07, 6.45) is 1.31. The Bertz CT molecular complexity index is 728. The first-order chi connectivity index (χ1) is 10.6. The first kappa shape index (κ1) is 15.6. The normalized spacial score (nSPS) is 10.8. The van der Waals surface area contributed by atoms with E-state index in [-0.39, 0.29) is 5.57 Å². The van der Waals surface area contributed by atoms with Crippen LogP contribution in [0.2, 0.25) is 5.02 Å². The van der Waals surface area contributed by atoms with Crippen LogP contribution in [0, 0.1) is 11.3 Å². The van der Waals surface area contributed by atoms with E-state index in [1.807, 2.05) is 12.1 Å². The van der Waals surface area contributed by atoms with Crippen molar-refractivity contribution in [3.8, 4) is 11.8 Å². The lowest BCUT2D eigenvalue weighted by Gasteiger charge is -2.06. The second-order valence-electron chi connectivity index (χ2n) is 4.46. The zero-order valence-corrected chi connectivity index (χ0v) is 12.2. The molecule has 0 aromatic heterocycles. The number of carboxylic acids is 1. The predicted molar refractivity (Wildman–Crippen MR) is 83.5 cm³/mol. The number of benzene rings is 2. The van der Waals surface area contributed by atoms with Gasteiger partial charge in [-0.3, -0.25) is 0 Å². The molecule has 4 nitrogen and oxygen atoms in total. The highest BCUT2D eigenvalue weighted by atomic mass is 35.5. The van der Waals surface area contributed by atoms with Crippen LogP contribution < -0.4 is 4.74 Å². The molecule has 5 heteroatoms. The van der Waals surface area contributed by atoms with Crippen molar-refractivity contribution in [3.63, 3.8) is 0 Å². The molecule has 1 N–H and O–H groups in total. The third-order valence-electron chi connectivity index (χ3n) is 2.86. The SMILES string of the molecule is N#CC(=Cc1ccc(OCc2ccc(Cl)cc2)cc1)C(=O)O. The van der Waals surface area contributed by atoms with E-state index in [0.717, 1.165) is 5.56 Å². The van der Waals surface area contributed by atoms with Gasteiger partial charge >= 0.3 is 5.97 Å². The van der Waals surface area contributed by atoms with Crippen molar-refractivity contribution in [2.75, 3.05) is 0 Å². The molecule has 0 saturated heterocycles. The summed E-state index contributed by atoms with van der Waals surface area (Å²) in [5.41, 5.74) is 1.30. The number of hydrogen-bond acceptors (Lipinski definition) is 3. The van der Waals surface area contributed by atoms with Crippen LogP contribution >= 0.6 is 11.6 Å². The molecule has 22 heavy (non-hydrogen) atoms. The molecular weight excluding hydrogens is 302 g/mol. The van der Waals surface area contributed by atoms with Crippen molar-refractivity contribution < 1.29 is 14.6 Å². The summed E-state index contributed by atoms with van der Waals surface area (Å²) in [6, 6.07) is 15.8. The number of aliphatic carboxylic acids is 1. The molecule has 0 fully saturated rings. The Hall–Kier alpha value is -2.77. The van der Waals surface area contributed by atoms with Gasteiger partial charge in [0.1, 0.15) is 24.0 Å². The van der Waals surface area contributed by atoms with Crippen LogP contribution in [0.15, 0.2) is 54.1 Å². The van der Waals surface area contributed by atoms with Gasteiger partial charge in [0.15, 0.2) is 0 Å². The lowest BCUT2D eigenvalue weighted by atomic mass is 10.1. The number of hydrogen-bond donors (Lipinski definition) is 1. The van der Waals surface area contributed by atoms with E-state index in [1.165, 1.54) is 6.08 Å². The number of carboxylic acid groups (broad SMARTS) is 1. The number of carbonyl (C=O) groups is 1. The number of ether oxygens (including phenoxy) is 1. The molecule has 2 rings (SSSR count). The van der Waals surface area contributed by atoms with Gasteiger partial charge in [-0.1, -0.05) is 35.9 Å². The molecule has 0 amide bonds. The van der Waals surface area contributed by atoms with E-state index in [9.17, 15) is 4.79 Å². The van der Waals surface area contributed by atoms with Crippen molar-refractivity contribution in [2.24, 2.45) is 0 Å².